The van der Waals surface area contributed by atoms with Gasteiger partial charge in [0.2, 0.25) is 5.91 Å². The highest BCUT2D eigenvalue weighted by Crippen LogP contribution is 2.30. The summed E-state index contributed by atoms with van der Waals surface area (Å²) in [4.78, 5) is 26.0. The van der Waals surface area contributed by atoms with E-state index in [1.54, 1.807) is 4.90 Å². The second-order valence-corrected chi connectivity index (χ2v) is 8.28. The van der Waals surface area contributed by atoms with E-state index in [-0.39, 0.29) is 17.9 Å². The average molecular weight is 415 g/mol. The number of fused-ring (bicyclic) bond motifs is 2. The molecule has 6 heteroatoms. The Morgan fingerprint density at radius 3 is 2.71 bits per heavy atom. The second kappa shape index (κ2) is 8.04. The van der Waals surface area contributed by atoms with Crippen molar-refractivity contribution in [3.63, 3.8) is 0 Å². The summed E-state index contributed by atoms with van der Waals surface area (Å²) >= 11 is 0. The van der Waals surface area contributed by atoms with Crippen molar-refractivity contribution in [3.05, 3.63) is 77.4 Å². The molecule has 3 aromatic rings. The quantitative estimate of drug-likeness (QED) is 0.598. The molecule has 2 amide bonds. The molecule has 0 spiro atoms. The molecule has 0 bridgehead atoms. The first-order chi connectivity index (χ1) is 15.1. The minimum absolute atomic E-state index is 0.0853. The zero-order valence-corrected chi connectivity index (χ0v) is 17.2. The molecule has 5 rings (SSSR count). The summed E-state index contributed by atoms with van der Waals surface area (Å²) in [7, 11) is 0. The molecular formula is C25H25N3O3. The van der Waals surface area contributed by atoms with Crippen molar-refractivity contribution in [2.24, 2.45) is 0 Å². The van der Waals surface area contributed by atoms with Crippen molar-refractivity contribution < 1.29 is 14.7 Å². The van der Waals surface area contributed by atoms with Gasteiger partial charge in [0.15, 0.2) is 0 Å². The highest BCUT2D eigenvalue weighted by molar-refractivity contribution is 5.99. The number of piperidine rings is 1. The maximum atomic E-state index is 12.8. The first-order valence-corrected chi connectivity index (χ1v) is 10.7. The topological polar surface area (TPSA) is 81.7 Å². The number of hydrogen-bond donors (Lipinski definition) is 3. The number of carbonyl (C=O) groups is 2. The highest BCUT2D eigenvalue weighted by atomic mass is 16.3. The van der Waals surface area contributed by atoms with E-state index in [0.29, 0.717) is 24.9 Å². The van der Waals surface area contributed by atoms with Crippen LogP contribution in [0, 0.1) is 0 Å². The largest absolute Gasteiger partial charge is 0.385 e. The molecular weight excluding hydrogens is 390 g/mol. The van der Waals surface area contributed by atoms with Crippen molar-refractivity contribution in [1.82, 2.24) is 10.2 Å². The highest BCUT2D eigenvalue weighted by Gasteiger charge is 2.38. The summed E-state index contributed by atoms with van der Waals surface area (Å²) in [6.07, 6.45) is 0.688. The van der Waals surface area contributed by atoms with Gasteiger partial charge in [-0.15, -0.1) is 0 Å². The van der Waals surface area contributed by atoms with Crippen LogP contribution in [0.4, 0.5) is 5.69 Å². The van der Waals surface area contributed by atoms with Crippen LogP contribution in [0.1, 0.15) is 34.3 Å². The van der Waals surface area contributed by atoms with E-state index in [2.05, 4.69) is 47.0 Å². The molecule has 2 heterocycles. The van der Waals surface area contributed by atoms with Gasteiger partial charge in [-0.1, -0.05) is 42.5 Å². The van der Waals surface area contributed by atoms with Crippen LogP contribution in [0.3, 0.4) is 0 Å². The molecule has 2 aliphatic rings. The van der Waals surface area contributed by atoms with Gasteiger partial charge in [-0.05, 0) is 52.9 Å². The number of aliphatic hydroxyl groups is 1. The van der Waals surface area contributed by atoms with Crippen molar-refractivity contribution in [3.8, 4) is 0 Å². The SMILES string of the molecule is O=C1CCC(N2Cc3cc(NCCc4ccc5ccccc5c4)ccc3C2=O)C(O)N1. The number of nitrogens with zero attached hydrogens (tertiary/aromatic N) is 1. The van der Waals surface area contributed by atoms with Crippen molar-refractivity contribution in [2.45, 2.75) is 38.1 Å². The third-order valence-electron chi connectivity index (χ3n) is 6.23. The molecule has 3 N–H and O–H groups in total. The second-order valence-electron chi connectivity index (χ2n) is 8.28. The molecule has 0 aliphatic carbocycles. The molecule has 31 heavy (non-hydrogen) atoms. The fourth-order valence-electron chi connectivity index (χ4n) is 4.56. The van der Waals surface area contributed by atoms with Crippen LogP contribution in [0.2, 0.25) is 0 Å². The van der Waals surface area contributed by atoms with Crippen molar-refractivity contribution in [1.29, 1.82) is 0 Å². The Bertz CT molecular complexity index is 1160. The van der Waals surface area contributed by atoms with Gasteiger partial charge in [-0.25, -0.2) is 0 Å². The lowest BCUT2D eigenvalue weighted by Gasteiger charge is -2.35. The van der Waals surface area contributed by atoms with E-state index in [9.17, 15) is 14.7 Å². The third-order valence-corrected chi connectivity index (χ3v) is 6.23. The molecule has 2 unspecified atom stereocenters. The van der Waals surface area contributed by atoms with Gasteiger partial charge in [-0.3, -0.25) is 9.59 Å². The van der Waals surface area contributed by atoms with Gasteiger partial charge in [0.25, 0.3) is 5.91 Å². The number of nitrogens with one attached hydrogen (secondary N) is 2. The van der Waals surface area contributed by atoms with Gasteiger partial charge >= 0.3 is 0 Å². The standard InChI is InChI=1S/C25H25N3O3/c29-23-10-9-22(24(30)27-23)28-15-19-14-20(7-8-21(19)25(28)31)26-12-11-16-5-6-17-3-1-2-4-18(17)13-16/h1-8,13-14,22,24,26,30H,9-12,15H2,(H,27,29). The molecule has 2 aliphatic heterocycles. The molecule has 0 saturated carbocycles. The van der Waals surface area contributed by atoms with E-state index in [1.807, 2.05) is 24.3 Å². The molecule has 158 valence electrons. The summed E-state index contributed by atoms with van der Waals surface area (Å²) < 4.78 is 0. The molecule has 1 saturated heterocycles. The first-order valence-electron chi connectivity index (χ1n) is 10.7. The number of hydrogen-bond acceptors (Lipinski definition) is 4. The Kier molecular flexibility index (Phi) is 5.08. The van der Waals surface area contributed by atoms with E-state index >= 15 is 0 Å². The van der Waals surface area contributed by atoms with Crippen LogP contribution in [-0.2, 0) is 17.8 Å². The van der Waals surface area contributed by atoms with Crippen LogP contribution in [0.5, 0.6) is 0 Å². The number of rotatable bonds is 5. The zero-order chi connectivity index (χ0) is 21.4. The summed E-state index contributed by atoms with van der Waals surface area (Å²) in [5.41, 5.74) is 3.88. The smallest absolute Gasteiger partial charge is 0.254 e. The number of aliphatic hydroxyl groups excluding tert-OH is 1. The van der Waals surface area contributed by atoms with E-state index in [0.717, 1.165) is 24.2 Å². The predicted molar refractivity (Wildman–Crippen MR) is 120 cm³/mol. The first kappa shape index (κ1) is 19.6. The lowest BCUT2D eigenvalue weighted by molar-refractivity contribution is -0.129. The van der Waals surface area contributed by atoms with Gasteiger partial charge in [0.05, 0.1) is 6.04 Å². The van der Waals surface area contributed by atoms with Crippen LogP contribution < -0.4 is 10.6 Å². The fourth-order valence-corrected chi connectivity index (χ4v) is 4.56. The monoisotopic (exact) mass is 415 g/mol. The maximum Gasteiger partial charge on any atom is 0.254 e. The van der Waals surface area contributed by atoms with Gasteiger partial charge in [0.1, 0.15) is 6.23 Å². The normalized spacial score (nSPS) is 20.6. The Balaban J connectivity index is 1.23. The Hall–Kier alpha value is -3.38. The van der Waals surface area contributed by atoms with Gasteiger partial charge in [-0.2, -0.15) is 0 Å². The Morgan fingerprint density at radius 2 is 1.87 bits per heavy atom. The van der Waals surface area contributed by atoms with Crippen LogP contribution in [0.15, 0.2) is 60.7 Å². The molecule has 2 atom stereocenters. The van der Waals surface area contributed by atoms with E-state index in [4.69, 9.17) is 0 Å². The third kappa shape index (κ3) is 3.86. The summed E-state index contributed by atoms with van der Waals surface area (Å²) in [5, 5.41) is 18.7. The fraction of sp³-hybridized carbons (Fsp3) is 0.280. The molecule has 0 aromatic heterocycles. The number of benzene rings is 3. The summed E-state index contributed by atoms with van der Waals surface area (Å²) in [5.74, 6) is -0.260. The number of amides is 2. The minimum Gasteiger partial charge on any atom is -0.385 e. The molecule has 3 aromatic carbocycles. The maximum absolute atomic E-state index is 12.8. The van der Waals surface area contributed by atoms with E-state index < -0.39 is 6.23 Å². The lowest BCUT2D eigenvalue weighted by Crippen LogP contribution is -2.55. The molecule has 0 radical (unpaired) electrons. The molecule has 1 fully saturated rings. The predicted octanol–water partition coefficient (Wildman–Crippen LogP) is 3.05. The summed E-state index contributed by atoms with van der Waals surface area (Å²) in [6.45, 7) is 1.24. The van der Waals surface area contributed by atoms with Crippen LogP contribution in [-0.4, -0.2) is 40.6 Å². The number of carbonyl (C=O) groups excluding carboxylic acids is 2. The van der Waals surface area contributed by atoms with Gasteiger partial charge < -0.3 is 20.6 Å². The summed E-state index contributed by atoms with van der Waals surface area (Å²) in [6, 6.07) is 20.3. The number of anilines is 1. The van der Waals surface area contributed by atoms with Gasteiger partial charge in [0, 0.05) is 30.8 Å². The van der Waals surface area contributed by atoms with Crippen molar-refractivity contribution >= 4 is 28.3 Å². The zero-order valence-electron chi connectivity index (χ0n) is 17.2. The minimum atomic E-state index is -1.01. The van der Waals surface area contributed by atoms with E-state index in [1.165, 1.54) is 16.3 Å². The van der Waals surface area contributed by atoms with Crippen molar-refractivity contribution in [2.75, 3.05) is 11.9 Å². The Morgan fingerprint density at radius 1 is 1.03 bits per heavy atom. The molecule has 6 nitrogen and oxygen atoms in total. The van der Waals surface area contributed by atoms with Crippen LogP contribution in [0.25, 0.3) is 10.8 Å². The van der Waals surface area contributed by atoms with Crippen LogP contribution >= 0.6 is 0 Å². The lowest BCUT2D eigenvalue weighted by atomic mass is 10.0. The average Bonchev–Trinajstić information content (AvgIpc) is 3.09. The Labute approximate surface area is 180 Å².